The van der Waals surface area contributed by atoms with Gasteiger partial charge >= 0.3 is 0 Å². The minimum absolute atomic E-state index is 0.0494. The molecule has 0 spiro atoms. The van der Waals surface area contributed by atoms with Crippen LogP contribution >= 0.6 is 0 Å². The molecule has 2 atom stereocenters. The number of hydrogen-bond donors (Lipinski definition) is 2. The summed E-state index contributed by atoms with van der Waals surface area (Å²) >= 11 is 0. The summed E-state index contributed by atoms with van der Waals surface area (Å²) < 4.78 is 12.1. The van der Waals surface area contributed by atoms with Gasteiger partial charge in [0.1, 0.15) is 5.25 Å². The number of nitrogens with one attached hydrogen (secondary N) is 1. The van der Waals surface area contributed by atoms with Crippen LogP contribution in [0.5, 0.6) is 0 Å². The third-order valence-corrected chi connectivity index (χ3v) is 3.83. The fourth-order valence-electron chi connectivity index (χ4n) is 1.31. The summed E-state index contributed by atoms with van der Waals surface area (Å²) in [6, 6.07) is 6.78. The van der Waals surface area contributed by atoms with Gasteiger partial charge < -0.3 is 11.1 Å². The standard InChI is InChI=1S/C12H18N2O2S/c1-8(2)14-12(15)9(3)17(16)11-6-4-10(13)5-7-11/h4-9H,13H2,1-3H3,(H,14,15). The van der Waals surface area contributed by atoms with Crippen molar-refractivity contribution in [1.82, 2.24) is 5.32 Å². The molecular weight excluding hydrogens is 236 g/mol. The quantitative estimate of drug-likeness (QED) is 0.795. The average Bonchev–Trinajstić information content (AvgIpc) is 2.27. The van der Waals surface area contributed by atoms with Crippen LogP contribution in [0.3, 0.4) is 0 Å². The molecule has 1 aromatic carbocycles. The smallest absolute Gasteiger partial charge is 0.236 e. The summed E-state index contributed by atoms with van der Waals surface area (Å²) in [6.07, 6.45) is 0. The molecule has 0 saturated heterocycles. The second-order valence-corrected chi connectivity index (χ2v) is 5.95. The zero-order valence-corrected chi connectivity index (χ0v) is 11.1. The van der Waals surface area contributed by atoms with E-state index in [9.17, 15) is 9.00 Å². The highest BCUT2D eigenvalue weighted by atomic mass is 32.2. The number of hydrogen-bond acceptors (Lipinski definition) is 3. The van der Waals surface area contributed by atoms with E-state index >= 15 is 0 Å². The molecule has 94 valence electrons. The molecular formula is C12H18N2O2S. The molecule has 0 aliphatic rings. The lowest BCUT2D eigenvalue weighted by molar-refractivity contribution is -0.120. The lowest BCUT2D eigenvalue weighted by Crippen LogP contribution is -2.39. The summed E-state index contributed by atoms with van der Waals surface area (Å²) in [5.74, 6) is -0.199. The average molecular weight is 254 g/mol. The van der Waals surface area contributed by atoms with Crippen LogP contribution in [0, 0.1) is 0 Å². The number of carbonyl (C=O) groups is 1. The molecule has 0 fully saturated rings. The van der Waals surface area contributed by atoms with Gasteiger partial charge in [-0.2, -0.15) is 0 Å². The Labute approximate surface area is 104 Å². The Morgan fingerprint density at radius 3 is 2.24 bits per heavy atom. The summed E-state index contributed by atoms with van der Waals surface area (Å²) in [5, 5.41) is 2.18. The second kappa shape index (κ2) is 5.82. The highest BCUT2D eigenvalue weighted by Crippen LogP contribution is 2.13. The first-order valence-electron chi connectivity index (χ1n) is 5.48. The van der Waals surface area contributed by atoms with Gasteiger partial charge in [0.25, 0.3) is 0 Å². The van der Waals surface area contributed by atoms with E-state index in [1.165, 1.54) is 0 Å². The second-order valence-electron chi connectivity index (χ2n) is 4.17. The van der Waals surface area contributed by atoms with E-state index in [-0.39, 0.29) is 11.9 Å². The minimum atomic E-state index is -1.35. The molecule has 4 nitrogen and oxygen atoms in total. The van der Waals surface area contributed by atoms with Crippen molar-refractivity contribution < 1.29 is 9.00 Å². The minimum Gasteiger partial charge on any atom is -0.399 e. The van der Waals surface area contributed by atoms with E-state index in [4.69, 9.17) is 5.73 Å². The number of anilines is 1. The van der Waals surface area contributed by atoms with E-state index < -0.39 is 16.0 Å². The molecule has 1 aromatic rings. The molecule has 0 saturated carbocycles. The first kappa shape index (κ1) is 13.7. The predicted octanol–water partition coefficient (Wildman–Crippen LogP) is 1.29. The maximum absolute atomic E-state index is 12.1. The fraction of sp³-hybridized carbons (Fsp3) is 0.417. The maximum Gasteiger partial charge on any atom is 0.236 e. The maximum atomic E-state index is 12.1. The van der Waals surface area contributed by atoms with Gasteiger partial charge in [0.2, 0.25) is 5.91 Å². The topological polar surface area (TPSA) is 72.2 Å². The third-order valence-electron chi connectivity index (χ3n) is 2.23. The Morgan fingerprint density at radius 2 is 1.76 bits per heavy atom. The largest absolute Gasteiger partial charge is 0.399 e. The summed E-state index contributed by atoms with van der Waals surface area (Å²) in [4.78, 5) is 12.3. The highest BCUT2D eigenvalue weighted by molar-refractivity contribution is 7.86. The van der Waals surface area contributed by atoms with Crippen LogP contribution < -0.4 is 11.1 Å². The van der Waals surface area contributed by atoms with E-state index in [0.29, 0.717) is 10.6 Å². The van der Waals surface area contributed by atoms with Crippen molar-refractivity contribution in [2.45, 2.75) is 37.0 Å². The number of carbonyl (C=O) groups excluding carboxylic acids is 1. The molecule has 3 N–H and O–H groups in total. The Kier molecular flexibility index (Phi) is 4.69. The number of nitrogen functional groups attached to an aromatic ring is 1. The van der Waals surface area contributed by atoms with Crippen molar-refractivity contribution in [3.8, 4) is 0 Å². The van der Waals surface area contributed by atoms with Crippen LogP contribution in [0.1, 0.15) is 20.8 Å². The van der Waals surface area contributed by atoms with Crippen LogP contribution in [0.4, 0.5) is 5.69 Å². The number of nitrogens with two attached hydrogens (primary N) is 1. The number of rotatable bonds is 4. The summed E-state index contributed by atoms with van der Waals surface area (Å²) in [6.45, 7) is 5.40. The lowest BCUT2D eigenvalue weighted by Gasteiger charge is -2.14. The van der Waals surface area contributed by atoms with E-state index in [2.05, 4.69) is 5.32 Å². The Bertz CT molecular complexity index is 415. The normalized spacial score (nSPS) is 14.4. The molecule has 0 aliphatic heterocycles. The van der Waals surface area contributed by atoms with Crippen molar-refractivity contribution >= 4 is 22.4 Å². The van der Waals surface area contributed by atoms with Gasteiger partial charge in [-0.05, 0) is 45.0 Å². The van der Waals surface area contributed by atoms with Gasteiger partial charge in [-0.1, -0.05) is 0 Å². The van der Waals surface area contributed by atoms with Gasteiger partial charge in [0.15, 0.2) is 0 Å². The van der Waals surface area contributed by atoms with Crippen molar-refractivity contribution in [2.24, 2.45) is 0 Å². The molecule has 1 rings (SSSR count). The lowest BCUT2D eigenvalue weighted by atomic mass is 10.3. The molecule has 0 heterocycles. The molecule has 2 unspecified atom stereocenters. The fourth-order valence-corrected chi connectivity index (χ4v) is 2.38. The van der Waals surface area contributed by atoms with Crippen molar-refractivity contribution in [3.63, 3.8) is 0 Å². The molecule has 5 heteroatoms. The van der Waals surface area contributed by atoms with Crippen LogP contribution in [0.25, 0.3) is 0 Å². The number of amides is 1. The first-order valence-corrected chi connectivity index (χ1v) is 6.69. The van der Waals surface area contributed by atoms with Crippen LogP contribution in [0.15, 0.2) is 29.2 Å². The van der Waals surface area contributed by atoms with Crippen molar-refractivity contribution in [3.05, 3.63) is 24.3 Å². The van der Waals surface area contributed by atoms with Crippen molar-refractivity contribution in [2.75, 3.05) is 5.73 Å². The zero-order valence-electron chi connectivity index (χ0n) is 10.3. The van der Waals surface area contributed by atoms with Gasteiger partial charge in [-0.25, -0.2) is 0 Å². The molecule has 1 amide bonds. The summed E-state index contributed by atoms with van der Waals surface area (Å²) in [7, 11) is -1.35. The molecule has 0 radical (unpaired) electrons. The van der Waals surface area contributed by atoms with Crippen LogP contribution in [-0.4, -0.2) is 21.4 Å². The predicted molar refractivity (Wildman–Crippen MR) is 70.0 cm³/mol. The van der Waals surface area contributed by atoms with Crippen molar-refractivity contribution in [1.29, 1.82) is 0 Å². The van der Waals surface area contributed by atoms with Gasteiger partial charge in [-0.15, -0.1) is 0 Å². The summed E-state index contributed by atoms with van der Waals surface area (Å²) in [5.41, 5.74) is 6.17. The van der Waals surface area contributed by atoms with E-state index in [0.717, 1.165) is 0 Å². The first-order chi connectivity index (χ1) is 7.91. The van der Waals surface area contributed by atoms with Crippen LogP contribution in [-0.2, 0) is 15.6 Å². The van der Waals surface area contributed by atoms with Gasteiger partial charge in [0.05, 0.1) is 10.8 Å². The SMILES string of the molecule is CC(C)NC(=O)C(C)S(=O)c1ccc(N)cc1. The molecule has 17 heavy (non-hydrogen) atoms. The third kappa shape index (κ3) is 3.85. The molecule has 0 aliphatic carbocycles. The Morgan fingerprint density at radius 1 is 1.24 bits per heavy atom. The zero-order chi connectivity index (χ0) is 13.0. The Hall–Kier alpha value is -1.36. The molecule has 0 bridgehead atoms. The highest BCUT2D eigenvalue weighted by Gasteiger charge is 2.21. The monoisotopic (exact) mass is 254 g/mol. The van der Waals surface area contributed by atoms with Crippen LogP contribution in [0.2, 0.25) is 0 Å². The van der Waals surface area contributed by atoms with E-state index in [1.54, 1.807) is 31.2 Å². The molecule has 0 aromatic heterocycles. The van der Waals surface area contributed by atoms with Gasteiger partial charge in [0, 0.05) is 16.6 Å². The van der Waals surface area contributed by atoms with E-state index in [1.807, 2.05) is 13.8 Å². The Balaban J connectivity index is 2.76. The number of benzene rings is 1. The van der Waals surface area contributed by atoms with Gasteiger partial charge in [-0.3, -0.25) is 9.00 Å².